The number of halogens is 1. The van der Waals surface area contributed by atoms with Gasteiger partial charge in [0.2, 0.25) is 11.8 Å². The topological polar surface area (TPSA) is 86.8 Å². The monoisotopic (exact) mass is 675 g/mol. The van der Waals surface area contributed by atoms with Crippen molar-refractivity contribution < 1.29 is 18.0 Å². The standard InChI is InChI=1S/C35H38BrN3O4S/c1-25(2)37-35(41)33(21-28-9-6-5-7-10-28)38(23-29-17-13-26(3)14-18-29)34(40)24-39(31-12-8-11-30(36)22-31)44(42,43)32-19-15-27(4)16-20-32/h5-20,22,25,33H,21,23-24H2,1-4H3,(H,37,41). The van der Waals surface area contributed by atoms with E-state index < -0.39 is 28.5 Å². The molecule has 4 aromatic rings. The highest BCUT2D eigenvalue weighted by Crippen LogP contribution is 2.27. The van der Waals surface area contributed by atoms with Gasteiger partial charge >= 0.3 is 0 Å². The second-order valence-electron chi connectivity index (χ2n) is 11.2. The zero-order chi connectivity index (χ0) is 31.9. The van der Waals surface area contributed by atoms with Crippen molar-refractivity contribution in [3.05, 3.63) is 130 Å². The summed E-state index contributed by atoms with van der Waals surface area (Å²) in [6.45, 7) is 7.22. The predicted molar refractivity (Wildman–Crippen MR) is 179 cm³/mol. The van der Waals surface area contributed by atoms with Crippen LogP contribution in [0.1, 0.15) is 36.1 Å². The van der Waals surface area contributed by atoms with E-state index in [2.05, 4.69) is 21.2 Å². The van der Waals surface area contributed by atoms with E-state index in [4.69, 9.17) is 0 Å². The Balaban J connectivity index is 1.80. The molecular formula is C35H38BrN3O4S. The smallest absolute Gasteiger partial charge is 0.264 e. The second kappa shape index (κ2) is 14.7. The number of rotatable bonds is 12. The van der Waals surface area contributed by atoms with Crippen molar-refractivity contribution in [3.8, 4) is 0 Å². The SMILES string of the molecule is Cc1ccc(CN(C(=O)CN(c2cccc(Br)c2)S(=O)(=O)c2ccc(C)cc2)C(Cc2ccccc2)C(=O)NC(C)C)cc1. The zero-order valence-corrected chi connectivity index (χ0v) is 27.8. The molecule has 0 aromatic heterocycles. The first-order chi connectivity index (χ1) is 20.9. The fraction of sp³-hybridized carbons (Fsp3) is 0.257. The molecule has 9 heteroatoms. The number of amides is 2. The molecule has 4 rings (SSSR count). The van der Waals surface area contributed by atoms with Gasteiger partial charge in [-0.15, -0.1) is 0 Å². The summed E-state index contributed by atoms with van der Waals surface area (Å²) >= 11 is 3.44. The number of sulfonamides is 1. The minimum atomic E-state index is -4.15. The van der Waals surface area contributed by atoms with Crippen LogP contribution in [0.25, 0.3) is 0 Å². The van der Waals surface area contributed by atoms with Gasteiger partial charge in [0.05, 0.1) is 10.6 Å². The van der Waals surface area contributed by atoms with E-state index in [0.717, 1.165) is 26.6 Å². The highest BCUT2D eigenvalue weighted by molar-refractivity contribution is 9.10. The normalized spacial score (nSPS) is 12.0. The molecule has 1 unspecified atom stereocenters. The van der Waals surface area contributed by atoms with E-state index in [1.807, 2.05) is 82.3 Å². The Bertz CT molecular complexity index is 1680. The van der Waals surface area contributed by atoms with Crippen LogP contribution in [0.15, 0.2) is 112 Å². The van der Waals surface area contributed by atoms with Crippen LogP contribution in [0.4, 0.5) is 5.69 Å². The van der Waals surface area contributed by atoms with Crippen LogP contribution in [-0.4, -0.2) is 43.8 Å². The molecule has 0 aliphatic carbocycles. The molecule has 7 nitrogen and oxygen atoms in total. The maximum absolute atomic E-state index is 14.5. The summed E-state index contributed by atoms with van der Waals surface area (Å²) in [5.41, 5.74) is 4.02. The first-order valence-electron chi connectivity index (χ1n) is 14.5. The van der Waals surface area contributed by atoms with Crippen LogP contribution in [0.2, 0.25) is 0 Å². The van der Waals surface area contributed by atoms with E-state index in [9.17, 15) is 18.0 Å². The highest BCUT2D eigenvalue weighted by Gasteiger charge is 2.34. The molecular weight excluding hydrogens is 638 g/mol. The van der Waals surface area contributed by atoms with Gasteiger partial charge in [0.1, 0.15) is 12.6 Å². The second-order valence-corrected chi connectivity index (χ2v) is 14.0. The number of aryl methyl sites for hydroxylation is 2. The Morgan fingerprint density at radius 1 is 0.795 bits per heavy atom. The van der Waals surface area contributed by atoms with Crippen LogP contribution >= 0.6 is 15.9 Å². The van der Waals surface area contributed by atoms with Crippen molar-refractivity contribution in [1.29, 1.82) is 0 Å². The summed E-state index contributed by atoms with van der Waals surface area (Å²) < 4.78 is 30.0. The number of benzene rings is 4. The molecule has 0 fully saturated rings. The lowest BCUT2D eigenvalue weighted by Crippen LogP contribution is -2.54. The molecule has 0 aliphatic rings. The van der Waals surface area contributed by atoms with Crippen LogP contribution in [0.5, 0.6) is 0 Å². The zero-order valence-electron chi connectivity index (χ0n) is 25.4. The van der Waals surface area contributed by atoms with Gasteiger partial charge in [-0.3, -0.25) is 13.9 Å². The quantitative estimate of drug-likeness (QED) is 0.188. The average molecular weight is 677 g/mol. The predicted octanol–water partition coefficient (Wildman–Crippen LogP) is 6.43. The Labute approximate surface area is 269 Å². The van der Waals surface area contributed by atoms with E-state index in [1.165, 1.54) is 4.90 Å². The summed E-state index contributed by atoms with van der Waals surface area (Å²) in [7, 11) is -4.15. The largest absolute Gasteiger partial charge is 0.352 e. The van der Waals surface area contributed by atoms with Gasteiger partial charge in [-0.1, -0.05) is 99.9 Å². The van der Waals surface area contributed by atoms with Crippen LogP contribution in [0.3, 0.4) is 0 Å². The van der Waals surface area contributed by atoms with Gasteiger partial charge in [0, 0.05) is 23.5 Å². The molecule has 0 heterocycles. The molecule has 0 bridgehead atoms. The molecule has 1 N–H and O–H groups in total. The summed E-state index contributed by atoms with van der Waals surface area (Å²) in [5.74, 6) is -0.805. The van der Waals surface area contributed by atoms with Crippen LogP contribution in [0, 0.1) is 13.8 Å². The lowest BCUT2D eigenvalue weighted by Gasteiger charge is -2.34. The molecule has 0 aliphatic heterocycles. The average Bonchev–Trinajstić information content (AvgIpc) is 2.98. The summed E-state index contributed by atoms with van der Waals surface area (Å²) in [4.78, 5) is 29.8. The van der Waals surface area contributed by atoms with E-state index >= 15 is 0 Å². The first kappa shape index (κ1) is 33.0. The number of hydrogen-bond acceptors (Lipinski definition) is 4. The lowest BCUT2D eigenvalue weighted by atomic mass is 10.0. The van der Waals surface area contributed by atoms with Crippen LogP contribution < -0.4 is 9.62 Å². The first-order valence-corrected chi connectivity index (χ1v) is 16.7. The van der Waals surface area contributed by atoms with Gasteiger partial charge in [-0.25, -0.2) is 8.42 Å². The molecule has 2 amide bonds. The van der Waals surface area contributed by atoms with Crippen molar-refractivity contribution in [2.75, 3.05) is 10.8 Å². The molecule has 0 saturated heterocycles. The Hall–Kier alpha value is -3.95. The number of carbonyl (C=O) groups excluding carboxylic acids is 2. The Morgan fingerprint density at radius 3 is 2.00 bits per heavy atom. The third-order valence-corrected chi connectivity index (χ3v) is 9.44. The van der Waals surface area contributed by atoms with E-state index in [0.29, 0.717) is 10.2 Å². The number of anilines is 1. The van der Waals surface area contributed by atoms with Crippen molar-refractivity contribution >= 4 is 43.5 Å². The number of nitrogens with one attached hydrogen (secondary N) is 1. The summed E-state index contributed by atoms with van der Waals surface area (Å²) in [6.07, 6.45) is 0.262. The molecule has 44 heavy (non-hydrogen) atoms. The minimum absolute atomic E-state index is 0.0688. The fourth-order valence-electron chi connectivity index (χ4n) is 4.82. The minimum Gasteiger partial charge on any atom is -0.352 e. The van der Waals surface area contributed by atoms with E-state index in [1.54, 1.807) is 48.5 Å². The third-order valence-electron chi connectivity index (χ3n) is 7.16. The van der Waals surface area contributed by atoms with Gasteiger partial charge in [0.15, 0.2) is 0 Å². The lowest BCUT2D eigenvalue weighted by molar-refractivity contribution is -0.140. The molecule has 0 radical (unpaired) electrons. The van der Waals surface area contributed by atoms with E-state index in [-0.39, 0.29) is 29.8 Å². The fourth-order valence-corrected chi connectivity index (χ4v) is 6.62. The summed E-state index contributed by atoms with van der Waals surface area (Å²) in [5, 5.41) is 2.98. The third kappa shape index (κ3) is 8.57. The molecule has 4 aromatic carbocycles. The highest BCUT2D eigenvalue weighted by atomic mass is 79.9. The van der Waals surface area contributed by atoms with Crippen LogP contribution in [-0.2, 0) is 32.6 Å². The van der Waals surface area contributed by atoms with Gasteiger partial charge in [0.25, 0.3) is 10.0 Å². The molecule has 1 atom stereocenters. The van der Waals surface area contributed by atoms with Crippen molar-refractivity contribution in [2.24, 2.45) is 0 Å². The molecule has 0 spiro atoms. The maximum atomic E-state index is 14.5. The molecule has 0 saturated carbocycles. The van der Waals surface area contributed by atoms with Crippen molar-refractivity contribution in [3.63, 3.8) is 0 Å². The number of carbonyl (C=O) groups is 2. The number of nitrogens with zero attached hydrogens (tertiary/aromatic N) is 2. The Morgan fingerprint density at radius 2 is 1.41 bits per heavy atom. The van der Waals surface area contributed by atoms with Crippen molar-refractivity contribution in [1.82, 2.24) is 10.2 Å². The number of hydrogen-bond donors (Lipinski definition) is 1. The molecule has 230 valence electrons. The van der Waals surface area contributed by atoms with Gasteiger partial charge < -0.3 is 10.2 Å². The Kier molecular flexibility index (Phi) is 11.0. The maximum Gasteiger partial charge on any atom is 0.264 e. The van der Waals surface area contributed by atoms with Gasteiger partial charge in [-0.05, 0) is 69.2 Å². The summed E-state index contributed by atoms with van der Waals surface area (Å²) in [6, 6.07) is 29.6. The van der Waals surface area contributed by atoms with Crippen molar-refractivity contribution in [2.45, 2.75) is 57.6 Å². The van der Waals surface area contributed by atoms with Gasteiger partial charge in [-0.2, -0.15) is 0 Å².